The van der Waals surface area contributed by atoms with Crippen LogP contribution in [0.15, 0.2) is 82.6 Å². The zero-order valence-corrected chi connectivity index (χ0v) is 26.0. The number of ether oxygens (including phenoxy) is 1. The molecule has 2 aliphatic rings. The molecule has 9 nitrogen and oxygen atoms in total. The first-order valence-electron chi connectivity index (χ1n) is 13.8. The number of aryl methyl sites for hydroxylation is 1. The van der Waals surface area contributed by atoms with Crippen LogP contribution in [0.3, 0.4) is 0 Å². The summed E-state index contributed by atoms with van der Waals surface area (Å²) in [5.74, 6) is -3.16. The van der Waals surface area contributed by atoms with E-state index in [1.54, 1.807) is 49.4 Å². The number of thioether (sulfide) groups is 1. The van der Waals surface area contributed by atoms with E-state index in [-0.39, 0.29) is 23.9 Å². The number of carbonyl (C=O) groups is 4. The number of fused-ring (bicyclic) bond motifs is 2. The number of benzene rings is 3. The van der Waals surface area contributed by atoms with Crippen LogP contribution >= 0.6 is 34.7 Å². The van der Waals surface area contributed by atoms with Gasteiger partial charge in [-0.25, -0.2) is 9.69 Å². The summed E-state index contributed by atoms with van der Waals surface area (Å²) in [7, 11) is 0. The van der Waals surface area contributed by atoms with Crippen molar-refractivity contribution in [2.45, 2.75) is 36.6 Å². The number of rotatable bonds is 7. The molecule has 1 aromatic heterocycles. The Morgan fingerprint density at radius 2 is 1.66 bits per heavy atom. The largest absolute Gasteiger partial charge is 0.462 e. The lowest BCUT2D eigenvalue weighted by molar-refractivity contribution is -0.122. The van der Waals surface area contributed by atoms with Crippen LogP contribution in [0, 0.1) is 12.8 Å². The number of hydrogen-bond donors (Lipinski definition) is 1. The molecule has 0 aliphatic carbocycles. The van der Waals surface area contributed by atoms with Crippen molar-refractivity contribution < 1.29 is 23.9 Å². The van der Waals surface area contributed by atoms with E-state index in [0.29, 0.717) is 31.9 Å². The van der Waals surface area contributed by atoms with Crippen LogP contribution in [0.25, 0.3) is 0 Å². The summed E-state index contributed by atoms with van der Waals surface area (Å²) in [6.07, 6.45) is 0. The molecule has 1 saturated heterocycles. The molecule has 3 atom stereocenters. The maximum Gasteiger partial charge on any atom is 0.338 e. The zero-order chi connectivity index (χ0) is 31.1. The number of hydrogen-bond acceptors (Lipinski definition) is 8. The number of thiazole rings is 1. The van der Waals surface area contributed by atoms with E-state index in [1.165, 1.54) is 16.7 Å². The van der Waals surface area contributed by atoms with Crippen LogP contribution in [0.4, 0.5) is 11.4 Å². The molecule has 0 bridgehead atoms. The number of halogens is 1. The maximum atomic E-state index is 14.1. The van der Waals surface area contributed by atoms with E-state index >= 15 is 0 Å². The number of amides is 3. The second kappa shape index (κ2) is 12.1. The summed E-state index contributed by atoms with van der Waals surface area (Å²) in [5, 5.41) is 3.01. The van der Waals surface area contributed by atoms with Crippen molar-refractivity contribution in [2.24, 2.45) is 5.92 Å². The third kappa shape index (κ3) is 5.36. The van der Waals surface area contributed by atoms with Gasteiger partial charge in [0.2, 0.25) is 17.7 Å². The average Bonchev–Trinajstić information content (AvgIpc) is 3.45. The van der Waals surface area contributed by atoms with E-state index in [2.05, 4.69) is 5.32 Å². The van der Waals surface area contributed by atoms with Crippen LogP contribution in [-0.2, 0) is 25.7 Å². The van der Waals surface area contributed by atoms with E-state index in [0.717, 1.165) is 39.1 Å². The summed E-state index contributed by atoms with van der Waals surface area (Å²) in [6, 6.07) is 20.4. The standard InChI is InChI=1S/C32H26ClN3O6S2/c1-3-42-31(40)19-10-14-21(15-11-19)36-28(38)25-24(18-8-12-20(33)13-9-18)27-30(43-26(25)29(36)39)35(32(41)44-27)16-23(37)34-22-7-5-4-6-17(22)2/h4-15,24-26H,3,16H2,1-2H3,(H,34,37). The molecular weight excluding hydrogens is 622 g/mol. The predicted molar refractivity (Wildman–Crippen MR) is 170 cm³/mol. The number of carbonyl (C=O) groups excluding carboxylic acids is 4. The van der Waals surface area contributed by atoms with Gasteiger partial charge in [-0.2, -0.15) is 0 Å². The van der Waals surface area contributed by atoms with E-state index in [9.17, 15) is 24.0 Å². The van der Waals surface area contributed by atoms with Gasteiger partial charge in [0, 0.05) is 21.5 Å². The molecule has 224 valence electrons. The Bertz CT molecular complexity index is 1850. The van der Waals surface area contributed by atoms with E-state index in [1.807, 2.05) is 25.1 Å². The second-order valence-corrected chi connectivity index (χ2v) is 12.9. The third-order valence-electron chi connectivity index (χ3n) is 7.64. The molecule has 4 aromatic rings. The quantitative estimate of drug-likeness (QED) is 0.209. The molecule has 3 aromatic carbocycles. The molecule has 6 rings (SSSR count). The fourth-order valence-corrected chi connectivity index (χ4v) is 8.45. The number of nitrogens with zero attached hydrogens (tertiary/aromatic N) is 2. The lowest BCUT2D eigenvalue weighted by Crippen LogP contribution is -2.33. The summed E-state index contributed by atoms with van der Waals surface area (Å²) < 4.78 is 6.42. The Hall–Kier alpha value is -4.19. The van der Waals surface area contributed by atoms with Gasteiger partial charge in [-0.1, -0.05) is 65.0 Å². The molecule has 3 amide bonds. The molecule has 1 fully saturated rings. The SMILES string of the molecule is CCOC(=O)c1ccc(N2C(=O)C3Sc4c(sc(=O)n4CC(=O)Nc4ccccc4C)C(c4ccc(Cl)cc4)C3C2=O)cc1. The van der Waals surface area contributed by atoms with Gasteiger partial charge in [-0.3, -0.25) is 23.7 Å². The molecule has 0 radical (unpaired) electrons. The summed E-state index contributed by atoms with van der Waals surface area (Å²) in [5.41, 5.74) is 2.88. The Kier molecular flexibility index (Phi) is 8.19. The van der Waals surface area contributed by atoms with Gasteiger partial charge in [0.15, 0.2) is 0 Å². The van der Waals surface area contributed by atoms with Crippen molar-refractivity contribution in [1.29, 1.82) is 0 Å². The minimum atomic E-state index is -0.847. The molecule has 3 unspecified atom stereocenters. The van der Waals surface area contributed by atoms with E-state index in [4.69, 9.17) is 16.3 Å². The van der Waals surface area contributed by atoms with Gasteiger partial charge in [0.05, 0.1) is 28.8 Å². The minimum Gasteiger partial charge on any atom is -0.462 e. The lowest BCUT2D eigenvalue weighted by atomic mass is 9.83. The highest BCUT2D eigenvalue weighted by Gasteiger charge is 2.56. The number of esters is 1. The number of imide groups is 1. The zero-order valence-electron chi connectivity index (χ0n) is 23.6. The smallest absolute Gasteiger partial charge is 0.338 e. The topological polar surface area (TPSA) is 115 Å². The Morgan fingerprint density at radius 3 is 2.34 bits per heavy atom. The highest BCUT2D eigenvalue weighted by Crippen LogP contribution is 2.54. The molecule has 1 N–H and O–H groups in total. The van der Waals surface area contributed by atoms with Crippen LogP contribution in [0.2, 0.25) is 5.02 Å². The van der Waals surface area contributed by atoms with Gasteiger partial charge in [0.1, 0.15) is 11.8 Å². The Morgan fingerprint density at radius 1 is 0.955 bits per heavy atom. The Labute approximate surface area is 265 Å². The molecular formula is C32H26ClN3O6S2. The van der Waals surface area contributed by atoms with Gasteiger partial charge >= 0.3 is 10.8 Å². The first kappa shape index (κ1) is 29.9. The van der Waals surface area contributed by atoms with Gasteiger partial charge < -0.3 is 10.1 Å². The number of para-hydroxylation sites is 1. The molecule has 3 heterocycles. The molecule has 0 spiro atoms. The van der Waals surface area contributed by atoms with Crippen LogP contribution < -0.4 is 15.1 Å². The van der Waals surface area contributed by atoms with Crippen molar-refractivity contribution in [1.82, 2.24) is 4.57 Å². The maximum absolute atomic E-state index is 14.1. The number of aromatic nitrogens is 1. The average molecular weight is 648 g/mol. The molecule has 0 saturated carbocycles. The number of anilines is 2. The second-order valence-electron chi connectivity index (χ2n) is 10.4. The lowest BCUT2D eigenvalue weighted by Gasteiger charge is -2.30. The fraction of sp³-hybridized carbons (Fsp3) is 0.219. The minimum absolute atomic E-state index is 0.221. The monoisotopic (exact) mass is 647 g/mol. The first-order chi connectivity index (χ1) is 21.2. The van der Waals surface area contributed by atoms with Crippen molar-refractivity contribution in [3.05, 3.63) is 109 Å². The first-order valence-corrected chi connectivity index (χ1v) is 15.9. The van der Waals surface area contributed by atoms with Crippen LogP contribution in [0.1, 0.15) is 39.2 Å². The summed E-state index contributed by atoms with van der Waals surface area (Å²) in [6.45, 7) is 3.55. The predicted octanol–water partition coefficient (Wildman–Crippen LogP) is 5.48. The normalized spacial score (nSPS) is 19.0. The van der Waals surface area contributed by atoms with Crippen LogP contribution in [0.5, 0.6) is 0 Å². The van der Waals surface area contributed by atoms with E-state index < -0.39 is 34.9 Å². The van der Waals surface area contributed by atoms with Crippen molar-refractivity contribution in [2.75, 3.05) is 16.8 Å². The van der Waals surface area contributed by atoms with Crippen LogP contribution in [-0.4, -0.2) is 40.1 Å². The van der Waals surface area contributed by atoms with Gasteiger partial charge in [0.25, 0.3) is 0 Å². The summed E-state index contributed by atoms with van der Waals surface area (Å²) in [4.78, 5) is 68.0. The molecule has 44 heavy (non-hydrogen) atoms. The summed E-state index contributed by atoms with van der Waals surface area (Å²) >= 11 is 8.28. The van der Waals surface area contributed by atoms with Gasteiger partial charge in [-0.15, -0.1) is 0 Å². The Balaban J connectivity index is 1.37. The molecule has 12 heteroatoms. The van der Waals surface area contributed by atoms with Crippen molar-refractivity contribution >= 4 is 69.8 Å². The van der Waals surface area contributed by atoms with Gasteiger partial charge in [-0.05, 0) is 67.4 Å². The highest BCUT2D eigenvalue weighted by molar-refractivity contribution is 8.00. The fourth-order valence-electron chi connectivity index (χ4n) is 5.55. The molecule has 2 aliphatic heterocycles. The van der Waals surface area contributed by atoms with Crippen molar-refractivity contribution in [3.8, 4) is 0 Å². The highest BCUT2D eigenvalue weighted by atomic mass is 35.5. The number of nitrogens with one attached hydrogen (secondary N) is 1. The van der Waals surface area contributed by atoms with Crippen molar-refractivity contribution in [3.63, 3.8) is 0 Å². The third-order valence-corrected chi connectivity index (χ3v) is 10.5.